The van der Waals surface area contributed by atoms with Crippen LogP contribution in [0.2, 0.25) is 0 Å². The van der Waals surface area contributed by atoms with E-state index in [2.05, 4.69) is 0 Å². The van der Waals surface area contributed by atoms with Gasteiger partial charge < -0.3 is 9.13 Å². The minimum atomic E-state index is -3.72. The summed E-state index contributed by atoms with van der Waals surface area (Å²) in [5.41, 5.74) is -1.23. The van der Waals surface area contributed by atoms with E-state index in [1.54, 1.807) is 0 Å². The average Bonchev–Trinajstić information content (AvgIpc) is 3.04. The van der Waals surface area contributed by atoms with Crippen LogP contribution in [0.15, 0.2) is 152 Å². The molecule has 5 heteroatoms. The normalized spacial score (nSPS) is 13.4. The zero-order valence-electron chi connectivity index (χ0n) is 23.3. The minimum Gasteiger partial charge on any atom is -0.313 e. The summed E-state index contributed by atoms with van der Waals surface area (Å²) < 4.78 is 32.2. The van der Waals surface area contributed by atoms with E-state index in [4.69, 9.17) is 0 Å². The molecular weight excluding hydrogens is 542 g/mol. The predicted octanol–water partition coefficient (Wildman–Crippen LogP) is 7.35. The molecule has 0 amide bonds. The third-order valence-corrected chi connectivity index (χ3v) is 14.9. The number of hydrogen-bond acceptors (Lipinski definition) is 3. The highest BCUT2D eigenvalue weighted by Crippen LogP contribution is 2.67. The van der Waals surface area contributed by atoms with E-state index in [-0.39, 0.29) is 5.78 Å². The number of rotatable bonds is 10. The van der Waals surface area contributed by atoms with Gasteiger partial charge in [0.25, 0.3) is 0 Å². The lowest BCUT2D eigenvalue weighted by molar-refractivity contribution is -0.121. The smallest absolute Gasteiger partial charge is 0.154 e. The maximum Gasteiger partial charge on any atom is 0.154 e. The Labute approximate surface area is 243 Å². The van der Waals surface area contributed by atoms with Gasteiger partial charge in [-0.3, -0.25) is 4.79 Å². The van der Waals surface area contributed by atoms with E-state index in [0.717, 1.165) is 5.56 Å². The molecule has 0 aliphatic heterocycles. The van der Waals surface area contributed by atoms with Crippen molar-refractivity contribution in [1.82, 2.24) is 0 Å². The van der Waals surface area contributed by atoms with Crippen molar-refractivity contribution in [1.29, 1.82) is 0 Å². The number of carbonyl (C=O) groups is 1. The van der Waals surface area contributed by atoms with Crippen molar-refractivity contribution in [2.24, 2.45) is 5.92 Å². The third-order valence-electron chi connectivity index (χ3n) is 7.64. The molecular formula is C36H34O3P2. The van der Waals surface area contributed by atoms with Crippen molar-refractivity contribution >= 4 is 41.3 Å². The van der Waals surface area contributed by atoms with Crippen molar-refractivity contribution in [2.75, 3.05) is 0 Å². The fourth-order valence-corrected chi connectivity index (χ4v) is 13.5. The lowest BCUT2D eigenvalue weighted by Crippen LogP contribution is -2.41. The highest BCUT2D eigenvalue weighted by Gasteiger charge is 2.54. The SMILES string of the molecule is CC(C)C(=O)C(C(c1ccccc1)P(=O)(c1ccccc1)c1ccccc1)P(=O)(c1ccccc1)c1ccccc1. The Kier molecular flexibility index (Phi) is 8.69. The number of benzene rings is 5. The predicted molar refractivity (Wildman–Crippen MR) is 172 cm³/mol. The molecule has 2 atom stereocenters. The molecule has 0 radical (unpaired) electrons. The van der Waals surface area contributed by atoms with Gasteiger partial charge >= 0.3 is 0 Å². The van der Waals surface area contributed by atoms with Gasteiger partial charge in [0.2, 0.25) is 0 Å². The van der Waals surface area contributed by atoms with Gasteiger partial charge in [0.05, 0.1) is 11.3 Å². The largest absolute Gasteiger partial charge is 0.313 e. The molecule has 0 fully saturated rings. The third kappa shape index (κ3) is 5.45. The summed E-state index contributed by atoms with van der Waals surface area (Å²) in [7, 11) is -7.36. The fraction of sp³-hybridized carbons (Fsp3) is 0.139. The summed E-state index contributed by atoms with van der Waals surface area (Å²) in [6.45, 7) is 3.68. The Morgan fingerprint density at radius 1 is 0.463 bits per heavy atom. The molecule has 0 spiro atoms. The molecule has 5 rings (SSSR count). The van der Waals surface area contributed by atoms with Crippen molar-refractivity contribution in [3.8, 4) is 0 Å². The van der Waals surface area contributed by atoms with Crippen LogP contribution < -0.4 is 21.2 Å². The molecule has 0 aliphatic rings. The summed E-state index contributed by atoms with van der Waals surface area (Å²) in [4.78, 5) is 14.7. The first-order valence-corrected chi connectivity index (χ1v) is 17.4. The second-order valence-electron chi connectivity index (χ2n) is 10.5. The first-order chi connectivity index (χ1) is 19.9. The van der Waals surface area contributed by atoms with Crippen LogP contribution in [0.1, 0.15) is 25.1 Å². The summed E-state index contributed by atoms with van der Waals surface area (Å²) in [6.07, 6.45) is 0. The standard InChI is InChI=1S/C36H34O3P2/c1-28(2)34(37)36(41(39,32-24-14-6-15-25-32)33-26-16-7-17-27-33)35(29-18-8-3-9-19-29)40(38,30-20-10-4-11-21-30)31-22-12-5-13-23-31/h3-28,35-36H,1-2H3. The lowest BCUT2D eigenvalue weighted by Gasteiger charge is -2.39. The van der Waals surface area contributed by atoms with Gasteiger partial charge in [-0.1, -0.05) is 166 Å². The molecule has 0 bridgehead atoms. The quantitative estimate of drug-likeness (QED) is 0.163. The van der Waals surface area contributed by atoms with E-state index < -0.39 is 31.5 Å². The first-order valence-electron chi connectivity index (χ1n) is 13.9. The number of ketones is 1. The highest BCUT2D eigenvalue weighted by atomic mass is 31.2. The molecule has 0 aliphatic carbocycles. The minimum absolute atomic E-state index is 0.165. The Hall–Kier alpha value is -3.77. The maximum absolute atomic E-state index is 16.1. The van der Waals surface area contributed by atoms with Crippen LogP contribution in [-0.4, -0.2) is 11.4 Å². The van der Waals surface area contributed by atoms with Crippen LogP contribution in [0.25, 0.3) is 0 Å². The molecule has 0 N–H and O–H groups in total. The van der Waals surface area contributed by atoms with Crippen molar-refractivity contribution in [3.63, 3.8) is 0 Å². The zero-order valence-corrected chi connectivity index (χ0v) is 25.1. The highest BCUT2D eigenvalue weighted by molar-refractivity contribution is 7.83. The van der Waals surface area contributed by atoms with Crippen LogP contribution in [-0.2, 0) is 13.9 Å². The second-order valence-corrected chi connectivity index (χ2v) is 16.3. The van der Waals surface area contributed by atoms with Gasteiger partial charge in [0.15, 0.2) is 14.3 Å². The lowest BCUT2D eigenvalue weighted by atomic mass is 10.00. The van der Waals surface area contributed by atoms with Gasteiger partial charge in [0, 0.05) is 27.1 Å². The maximum atomic E-state index is 16.1. The number of Topliss-reactive ketones (excluding diaryl/α,β-unsaturated/α-hetero) is 1. The molecule has 41 heavy (non-hydrogen) atoms. The zero-order chi connectivity index (χ0) is 28.9. The van der Waals surface area contributed by atoms with E-state index >= 15 is 9.13 Å². The summed E-state index contributed by atoms with van der Waals surface area (Å²) in [5.74, 6) is -0.603. The van der Waals surface area contributed by atoms with Gasteiger partial charge in [-0.05, 0) is 5.56 Å². The van der Waals surface area contributed by atoms with Gasteiger partial charge in [-0.15, -0.1) is 0 Å². The molecule has 0 aromatic heterocycles. The first kappa shape index (κ1) is 28.7. The van der Waals surface area contributed by atoms with Crippen LogP contribution in [0.3, 0.4) is 0 Å². The summed E-state index contributed by atoms with van der Waals surface area (Å²) >= 11 is 0. The van der Waals surface area contributed by atoms with Gasteiger partial charge in [-0.25, -0.2) is 0 Å². The van der Waals surface area contributed by atoms with Crippen LogP contribution in [0, 0.1) is 5.92 Å². The molecule has 0 saturated heterocycles. The molecule has 0 heterocycles. The van der Waals surface area contributed by atoms with Crippen LogP contribution in [0.5, 0.6) is 0 Å². The molecule has 206 valence electrons. The molecule has 5 aromatic carbocycles. The monoisotopic (exact) mass is 576 g/mol. The van der Waals surface area contributed by atoms with E-state index in [0.29, 0.717) is 21.2 Å². The molecule has 5 aromatic rings. The second kappa shape index (κ2) is 12.4. The van der Waals surface area contributed by atoms with E-state index in [1.807, 2.05) is 166 Å². The van der Waals surface area contributed by atoms with Crippen molar-refractivity contribution in [3.05, 3.63) is 157 Å². The van der Waals surface area contributed by atoms with Crippen molar-refractivity contribution < 1.29 is 13.9 Å². The Morgan fingerprint density at radius 2 is 0.756 bits per heavy atom. The Balaban J connectivity index is 1.94. The Morgan fingerprint density at radius 3 is 1.07 bits per heavy atom. The van der Waals surface area contributed by atoms with E-state index in [9.17, 15) is 4.79 Å². The number of hydrogen-bond donors (Lipinski definition) is 0. The fourth-order valence-electron chi connectivity index (χ4n) is 5.65. The van der Waals surface area contributed by atoms with Gasteiger partial charge in [-0.2, -0.15) is 0 Å². The summed E-state index contributed by atoms with van der Waals surface area (Å²) in [5, 5.41) is 2.43. The molecule has 3 nitrogen and oxygen atoms in total. The van der Waals surface area contributed by atoms with E-state index in [1.165, 1.54) is 0 Å². The van der Waals surface area contributed by atoms with Crippen LogP contribution in [0.4, 0.5) is 0 Å². The van der Waals surface area contributed by atoms with Gasteiger partial charge in [0.1, 0.15) is 5.78 Å². The Bertz CT molecular complexity index is 1580. The topological polar surface area (TPSA) is 51.2 Å². The molecule has 0 saturated carbocycles. The molecule has 2 unspecified atom stereocenters. The average molecular weight is 577 g/mol. The summed E-state index contributed by atoms with van der Waals surface area (Å²) in [6, 6.07) is 46.9. The number of carbonyl (C=O) groups excluding carboxylic acids is 1. The van der Waals surface area contributed by atoms with Crippen molar-refractivity contribution in [2.45, 2.75) is 25.2 Å². The van der Waals surface area contributed by atoms with Crippen LogP contribution >= 0.6 is 14.3 Å².